The number of hydrogen-bond donors (Lipinski definition) is 2. The largest absolute Gasteiger partial charge is 0.481 e. The summed E-state index contributed by atoms with van der Waals surface area (Å²) in [6, 6.07) is 8.25. The summed E-state index contributed by atoms with van der Waals surface area (Å²) in [5, 5.41) is 12.7. The second-order valence-electron chi connectivity index (χ2n) is 4.78. The Morgan fingerprint density at radius 1 is 1.47 bits per heavy atom. The molecule has 2 rings (SSSR count). The van der Waals surface area contributed by atoms with E-state index in [0.717, 1.165) is 11.1 Å². The predicted octanol–water partition coefficient (Wildman–Crippen LogP) is 2.31. The van der Waals surface area contributed by atoms with Crippen molar-refractivity contribution in [3.05, 3.63) is 35.4 Å². The van der Waals surface area contributed by atoms with Crippen LogP contribution < -0.4 is 5.32 Å². The molecule has 1 unspecified atom stereocenters. The fourth-order valence-electron chi connectivity index (χ4n) is 2.20. The van der Waals surface area contributed by atoms with Gasteiger partial charge >= 0.3 is 5.97 Å². The maximum Gasteiger partial charge on any atom is 0.312 e. The lowest BCUT2D eigenvalue weighted by Gasteiger charge is -2.28. The van der Waals surface area contributed by atoms with Crippen molar-refractivity contribution in [2.24, 2.45) is 0 Å². The van der Waals surface area contributed by atoms with Gasteiger partial charge in [-0.1, -0.05) is 30.7 Å². The van der Waals surface area contributed by atoms with Crippen molar-refractivity contribution in [1.82, 2.24) is 5.32 Å². The normalized spacial score (nSPS) is 17.5. The first-order valence-corrected chi connectivity index (χ1v) is 6.20. The van der Waals surface area contributed by atoms with E-state index in [0.29, 0.717) is 12.6 Å². The first-order valence-electron chi connectivity index (χ1n) is 6.20. The Kier molecular flexibility index (Phi) is 3.79. The van der Waals surface area contributed by atoms with Crippen LogP contribution in [0.2, 0.25) is 0 Å². The van der Waals surface area contributed by atoms with Gasteiger partial charge in [0.2, 0.25) is 0 Å². The molecule has 1 aromatic carbocycles. The summed E-state index contributed by atoms with van der Waals surface area (Å²) in [5.41, 5.74) is 1.97. The molecule has 0 spiro atoms. The average Bonchev–Trinajstić information content (AvgIpc) is 2.23. The van der Waals surface area contributed by atoms with Gasteiger partial charge in [-0.2, -0.15) is 0 Å². The zero-order chi connectivity index (χ0) is 12.3. The van der Waals surface area contributed by atoms with Crippen molar-refractivity contribution in [2.45, 2.75) is 38.1 Å². The molecule has 0 heterocycles. The summed E-state index contributed by atoms with van der Waals surface area (Å²) in [4.78, 5) is 11.3. The maximum absolute atomic E-state index is 11.3. The molecule has 1 saturated carbocycles. The number of hydrogen-bond acceptors (Lipinski definition) is 2. The lowest BCUT2D eigenvalue weighted by Crippen LogP contribution is -2.39. The van der Waals surface area contributed by atoms with E-state index in [9.17, 15) is 9.90 Å². The minimum atomic E-state index is -0.744. The van der Waals surface area contributed by atoms with Crippen molar-refractivity contribution in [2.75, 3.05) is 6.54 Å². The van der Waals surface area contributed by atoms with Crippen LogP contribution in [0.25, 0.3) is 0 Å². The SMILES string of the molecule is Cc1ccccc1C(CNC1CCC1)C(=O)O. The second-order valence-corrected chi connectivity index (χ2v) is 4.78. The Bertz CT molecular complexity index is 399. The Morgan fingerprint density at radius 2 is 2.18 bits per heavy atom. The van der Waals surface area contributed by atoms with Crippen molar-refractivity contribution < 1.29 is 9.90 Å². The summed E-state index contributed by atoms with van der Waals surface area (Å²) >= 11 is 0. The van der Waals surface area contributed by atoms with Crippen LogP contribution >= 0.6 is 0 Å². The number of carboxylic acids is 1. The zero-order valence-electron chi connectivity index (χ0n) is 10.1. The van der Waals surface area contributed by atoms with Gasteiger partial charge < -0.3 is 10.4 Å². The number of benzene rings is 1. The Hall–Kier alpha value is -1.35. The molecule has 1 aliphatic rings. The van der Waals surface area contributed by atoms with E-state index in [-0.39, 0.29) is 0 Å². The molecular formula is C14H19NO2. The summed E-state index contributed by atoms with van der Waals surface area (Å²) in [6.07, 6.45) is 3.62. The fraction of sp³-hybridized carbons (Fsp3) is 0.500. The van der Waals surface area contributed by atoms with Gasteiger partial charge in [-0.25, -0.2) is 0 Å². The molecule has 1 atom stereocenters. The van der Waals surface area contributed by atoms with Crippen LogP contribution in [0.5, 0.6) is 0 Å². The molecule has 1 aliphatic carbocycles. The molecule has 0 amide bonds. The average molecular weight is 233 g/mol. The maximum atomic E-state index is 11.3. The van der Waals surface area contributed by atoms with E-state index in [1.165, 1.54) is 19.3 Å². The number of aliphatic carboxylic acids is 1. The van der Waals surface area contributed by atoms with Crippen LogP contribution in [-0.2, 0) is 4.79 Å². The standard InChI is InChI=1S/C14H19NO2/c1-10-5-2-3-8-12(10)13(14(16)17)9-15-11-6-4-7-11/h2-3,5,8,11,13,15H,4,6-7,9H2,1H3,(H,16,17). The smallest absolute Gasteiger partial charge is 0.312 e. The molecule has 3 heteroatoms. The molecule has 1 aromatic rings. The van der Waals surface area contributed by atoms with E-state index in [1.54, 1.807) is 0 Å². The molecule has 2 N–H and O–H groups in total. The number of carbonyl (C=O) groups is 1. The molecule has 0 aliphatic heterocycles. The van der Waals surface area contributed by atoms with Crippen molar-refractivity contribution in [1.29, 1.82) is 0 Å². The van der Waals surface area contributed by atoms with Gasteiger partial charge in [-0.3, -0.25) is 4.79 Å². The summed E-state index contributed by atoms with van der Waals surface area (Å²) in [6.45, 7) is 2.50. The van der Waals surface area contributed by atoms with Crippen molar-refractivity contribution >= 4 is 5.97 Å². The van der Waals surface area contributed by atoms with Gasteiger partial charge in [0.25, 0.3) is 0 Å². The monoisotopic (exact) mass is 233 g/mol. The van der Waals surface area contributed by atoms with E-state index in [2.05, 4.69) is 5.32 Å². The molecule has 1 fully saturated rings. The van der Waals surface area contributed by atoms with Gasteiger partial charge in [0.05, 0.1) is 5.92 Å². The second kappa shape index (κ2) is 5.32. The number of aryl methyl sites for hydroxylation is 1. The van der Waals surface area contributed by atoms with Gasteiger partial charge in [0, 0.05) is 12.6 Å². The molecule has 3 nitrogen and oxygen atoms in total. The van der Waals surface area contributed by atoms with Gasteiger partial charge in [0.1, 0.15) is 0 Å². The summed E-state index contributed by atoms with van der Waals surface area (Å²) in [5.74, 6) is -1.18. The zero-order valence-corrected chi connectivity index (χ0v) is 10.1. The Balaban J connectivity index is 2.05. The molecule has 92 valence electrons. The van der Waals surface area contributed by atoms with Crippen LogP contribution in [0.15, 0.2) is 24.3 Å². The highest BCUT2D eigenvalue weighted by Crippen LogP contribution is 2.22. The molecule has 0 saturated heterocycles. The third-order valence-electron chi connectivity index (χ3n) is 3.58. The topological polar surface area (TPSA) is 49.3 Å². The number of nitrogens with one attached hydrogen (secondary N) is 1. The third kappa shape index (κ3) is 2.86. The predicted molar refractivity (Wildman–Crippen MR) is 67.2 cm³/mol. The fourth-order valence-corrected chi connectivity index (χ4v) is 2.20. The van der Waals surface area contributed by atoms with E-state index in [1.807, 2.05) is 31.2 Å². The molecule has 0 bridgehead atoms. The van der Waals surface area contributed by atoms with Gasteiger partial charge in [0.15, 0.2) is 0 Å². The van der Waals surface area contributed by atoms with Crippen molar-refractivity contribution in [3.8, 4) is 0 Å². The van der Waals surface area contributed by atoms with Crippen LogP contribution in [0, 0.1) is 6.92 Å². The van der Waals surface area contributed by atoms with Gasteiger partial charge in [-0.15, -0.1) is 0 Å². The van der Waals surface area contributed by atoms with Crippen LogP contribution in [-0.4, -0.2) is 23.7 Å². The third-order valence-corrected chi connectivity index (χ3v) is 3.58. The van der Waals surface area contributed by atoms with Crippen LogP contribution in [0.3, 0.4) is 0 Å². The highest BCUT2D eigenvalue weighted by Gasteiger charge is 2.24. The van der Waals surface area contributed by atoms with E-state index < -0.39 is 11.9 Å². The summed E-state index contributed by atoms with van der Waals surface area (Å²) < 4.78 is 0. The van der Waals surface area contributed by atoms with Crippen molar-refractivity contribution in [3.63, 3.8) is 0 Å². The first-order chi connectivity index (χ1) is 8.18. The Morgan fingerprint density at radius 3 is 2.71 bits per heavy atom. The van der Waals surface area contributed by atoms with Crippen LogP contribution in [0.4, 0.5) is 0 Å². The molecule has 17 heavy (non-hydrogen) atoms. The lowest BCUT2D eigenvalue weighted by atomic mass is 9.90. The van der Waals surface area contributed by atoms with Gasteiger partial charge in [-0.05, 0) is 30.9 Å². The first kappa shape index (κ1) is 12.1. The minimum Gasteiger partial charge on any atom is -0.481 e. The van der Waals surface area contributed by atoms with E-state index >= 15 is 0 Å². The number of rotatable bonds is 5. The minimum absolute atomic E-state index is 0.434. The highest BCUT2D eigenvalue weighted by atomic mass is 16.4. The summed E-state index contributed by atoms with van der Waals surface area (Å²) in [7, 11) is 0. The highest BCUT2D eigenvalue weighted by molar-refractivity contribution is 5.77. The molecular weight excluding hydrogens is 214 g/mol. The quantitative estimate of drug-likeness (QED) is 0.820. The van der Waals surface area contributed by atoms with E-state index in [4.69, 9.17) is 0 Å². The Labute approximate surface area is 102 Å². The molecule has 0 aromatic heterocycles. The lowest BCUT2D eigenvalue weighted by molar-refractivity contribution is -0.138. The number of carboxylic acid groups (broad SMARTS) is 1. The van der Waals surface area contributed by atoms with Crippen LogP contribution in [0.1, 0.15) is 36.3 Å². The molecule has 0 radical (unpaired) electrons.